The van der Waals surface area contributed by atoms with E-state index in [2.05, 4.69) is 5.10 Å². The quantitative estimate of drug-likeness (QED) is 0.637. The van der Waals surface area contributed by atoms with Crippen molar-refractivity contribution < 1.29 is 23.8 Å². The van der Waals surface area contributed by atoms with Gasteiger partial charge in [0.2, 0.25) is 0 Å². The number of fused-ring (bicyclic) bond motifs is 1. The number of carbonyl (C=O) groups is 2. The number of hydrogen-bond acceptors (Lipinski definition) is 7. The molecule has 0 aliphatic carbocycles. The number of carbonyl (C=O) groups excluding carboxylic acids is 2. The number of nitrogens with two attached hydrogens (primary N) is 2. The highest BCUT2D eigenvalue weighted by molar-refractivity contribution is 6.42. The Balaban J connectivity index is 1.59. The van der Waals surface area contributed by atoms with E-state index >= 15 is 0 Å². The Morgan fingerprint density at radius 1 is 1.24 bits per heavy atom. The molecule has 0 saturated carbocycles. The number of nitrogens with zero attached hydrogens (tertiary/aromatic N) is 3. The second-order valence-corrected chi connectivity index (χ2v) is 10.1. The lowest BCUT2D eigenvalue weighted by Crippen LogP contribution is -2.41. The van der Waals surface area contributed by atoms with Gasteiger partial charge in [0.15, 0.2) is 17.6 Å². The van der Waals surface area contributed by atoms with Crippen molar-refractivity contribution in [3.63, 3.8) is 0 Å². The third kappa shape index (κ3) is 4.83. The molecular weight excluding hydrogens is 485 g/mol. The Morgan fingerprint density at radius 3 is 2.56 bits per heavy atom. The average molecular weight is 512 g/mol. The summed E-state index contributed by atoms with van der Waals surface area (Å²) in [5.74, 6) is 0.151. The van der Waals surface area contributed by atoms with Gasteiger partial charge in [0, 0.05) is 18.7 Å². The number of amides is 2. The number of likely N-dealkylation sites (tertiary alicyclic amines) is 1. The van der Waals surface area contributed by atoms with Crippen molar-refractivity contribution in [1.29, 1.82) is 0 Å². The molecule has 4 rings (SSSR count). The lowest BCUT2D eigenvalue weighted by atomic mass is 10.1. The molecule has 4 N–H and O–H groups in total. The topological polar surface area (TPSA) is 135 Å². The molecule has 3 heterocycles. The van der Waals surface area contributed by atoms with Gasteiger partial charge in [0.1, 0.15) is 29.3 Å². The molecule has 2 aromatic rings. The van der Waals surface area contributed by atoms with Crippen LogP contribution >= 0.6 is 23.2 Å². The monoisotopic (exact) mass is 511 g/mol. The van der Waals surface area contributed by atoms with E-state index < -0.39 is 23.7 Å². The maximum absolute atomic E-state index is 12.7. The summed E-state index contributed by atoms with van der Waals surface area (Å²) in [6.45, 7) is 6.36. The van der Waals surface area contributed by atoms with E-state index in [-0.39, 0.29) is 36.3 Å². The standard InChI is InChI=1S/C22H27Cl2N5O5/c1-22(2,3)34-21(31)28-6-4-5-11(28)9-29-19(25)17(20(26)30)18(27-29)16-10-32-14-7-12(23)13(24)8-15(14)33-16/h7-8,11,16H,4-6,9-10,25H2,1-3H3,(H2,26,30). The Labute approximate surface area is 207 Å². The third-order valence-corrected chi connectivity index (χ3v) is 6.33. The Morgan fingerprint density at radius 2 is 1.91 bits per heavy atom. The smallest absolute Gasteiger partial charge is 0.410 e. The van der Waals surface area contributed by atoms with Gasteiger partial charge in [0.05, 0.1) is 22.6 Å². The maximum atomic E-state index is 12.7. The first-order valence-corrected chi connectivity index (χ1v) is 11.6. The second kappa shape index (κ2) is 9.07. The van der Waals surface area contributed by atoms with Crippen molar-refractivity contribution in [2.24, 2.45) is 5.73 Å². The van der Waals surface area contributed by atoms with Crippen LogP contribution in [0.4, 0.5) is 10.6 Å². The van der Waals surface area contributed by atoms with Crippen LogP contribution in [-0.4, -0.2) is 51.5 Å². The summed E-state index contributed by atoms with van der Waals surface area (Å²) < 4.78 is 18.8. The van der Waals surface area contributed by atoms with Crippen LogP contribution in [0.5, 0.6) is 11.5 Å². The molecule has 2 amide bonds. The number of ether oxygens (including phenoxy) is 3. The van der Waals surface area contributed by atoms with E-state index in [0.717, 1.165) is 12.8 Å². The molecule has 184 valence electrons. The molecule has 2 aliphatic heterocycles. The van der Waals surface area contributed by atoms with E-state index in [1.165, 1.54) is 10.7 Å². The van der Waals surface area contributed by atoms with Gasteiger partial charge in [-0.25, -0.2) is 9.48 Å². The number of hydrogen-bond donors (Lipinski definition) is 2. The summed E-state index contributed by atoms with van der Waals surface area (Å²) in [4.78, 5) is 26.6. The molecule has 1 saturated heterocycles. The molecule has 0 radical (unpaired) electrons. The summed E-state index contributed by atoms with van der Waals surface area (Å²) in [7, 11) is 0. The van der Waals surface area contributed by atoms with Crippen LogP contribution in [0.2, 0.25) is 10.0 Å². The molecule has 2 unspecified atom stereocenters. The van der Waals surface area contributed by atoms with Crippen molar-refractivity contribution in [1.82, 2.24) is 14.7 Å². The van der Waals surface area contributed by atoms with Crippen LogP contribution in [0.15, 0.2) is 12.1 Å². The summed E-state index contributed by atoms with van der Waals surface area (Å²) in [5, 5.41) is 5.18. The first-order chi connectivity index (χ1) is 15.9. The largest absolute Gasteiger partial charge is 0.485 e. The molecule has 1 aromatic carbocycles. The zero-order chi connectivity index (χ0) is 24.8. The summed E-state index contributed by atoms with van der Waals surface area (Å²) in [6.07, 6.45) is 0.420. The molecule has 0 spiro atoms. The van der Waals surface area contributed by atoms with Gasteiger partial charge in [-0.05, 0) is 33.6 Å². The van der Waals surface area contributed by atoms with E-state index in [4.69, 9.17) is 48.9 Å². The Kier molecular flexibility index (Phi) is 6.48. The lowest BCUT2D eigenvalue weighted by molar-refractivity contribution is 0.0211. The minimum atomic E-state index is -0.749. The molecule has 2 aliphatic rings. The number of benzene rings is 1. The summed E-state index contributed by atoms with van der Waals surface area (Å²) in [6, 6.07) is 2.89. The summed E-state index contributed by atoms with van der Waals surface area (Å²) >= 11 is 12.1. The van der Waals surface area contributed by atoms with Crippen molar-refractivity contribution in [3.8, 4) is 11.5 Å². The highest BCUT2D eigenvalue weighted by Crippen LogP contribution is 2.42. The number of anilines is 1. The molecule has 1 fully saturated rings. The molecule has 10 nitrogen and oxygen atoms in total. The molecular formula is C22H27Cl2N5O5. The van der Waals surface area contributed by atoms with E-state index in [1.54, 1.807) is 11.0 Å². The highest BCUT2D eigenvalue weighted by atomic mass is 35.5. The molecule has 34 heavy (non-hydrogen) atoms. The SMILES string of the molecule is CC(C)(C)OC(=O)N1CCCC1Cn1nc(C2COc3cc(Cl)c(Cl)cc3O2)c(C(N)=O)c1N. The predicted octanol–water partition coefficient (Wildman–Crippen LogP) is 3.78. The predicted molar refractivity (Wildman–Crippen MR) is 126 cm³/mol. The van der Waals surface area contributed by atoms with E-state index in [1.807, 2.05) is 20.8 Å². The minimum Gasteiger partial charge on any atom is -0.485 e. The van der Waals surface area contributed by atoms with Crippen LogP contribution in [0.1, 0.15) is 55.8 Å². The Hall–Kier alpha value is -2.85. The number of aromatic nitrogens is 2. The van der Waals surface area contributed by atoms with Crippen molar-refractivity contribution in [2.45, 2.75) is 57.9 Å². The molecule has 0 bridgehead atoms. The number of primary amides is 1. The Bertz CT molecular complexity index is 1130. The number of rotatable bonds is 4. The van der Waals surface area contributed by atoms with Gasteiger partial charge in [0.25, 0.3) is 5.91 Å². The van der Waals surface area contributed by atoms with Crippen LogP contribution in [0.3, 0.4) is 0 Å². The van der Waals surface area contributed by atoms with Gasteiger partial charge < -0.3 is 30.6 Å². The van der Waals surface area contributed by atoms with Crippen LogP contribution < -0.4 is 20.9 Å². The normalized spacial score (nSPS) is 19.9. The van der Waals surface area contributed by atoms with Crippen LogP contribution in [0, 0.1) is 0 Å². The molecule has 12 heteroatoms. The fourth-order valence-electron chi connectivity index (χ4n) is 4.10. The first-order valence-electron chi connectivity index (χ1n) is 10.9. The van der Waals surface area contributed by atoms with E-state index in [0.29, 0.717) is 28.1 Å². The van der Waals surface area contributed by atoms with Gasteiger partial charge in [-0.3, -0.25) is 4.79 Å². The average Bonchev–Trinajstić information content (AvgIpc) is 3.32. The van der Waals surface area contributed by atoms with Gasteiger partial charge >= 0.3 is 6.09 Å². The number of halogens is 2. The highest BCUT2D eigenvalue weighted by Gasteiger charge is 2.36. The van der Waals surface area contributed by atoms with Gasteiger partial charge in [-0.2, -0.15) is 5.10 Å². The second-order valence-electron chi connectivity index (χ2n) is 9.29. The number of nitrogen functional groups attached to an aromatic ring is 1. The summed E-state index contributed by atoms with van der Waals surface area (Å²) in [5.41, 5.74) is 11.6. The molecule has 2 atom stereocenters. The van der Waals surface area contributed by atoms with Crippen LogP contribution in [0.25, 0.3) is 0 Å². The zero-order valence-corrected chi connectivity index (χ0v) is 20.7. The fraction of sp³-hybridized carbons (Fsp3) is 0.500. The molecule has 1 aromatic heterocycles. The van der Waals surface area contributed by atoms with Gasteiger partial charge in [-0.1, -0.05) is 23.2 Å². The van der Waals surface area contributed by atoms with Crippen molar-refractivity contribution in [3.05, 3.63) is 33.4 Å². The van der Waals surface area contributed by atoms with Crippen molar-refractivity contribution in [2.75, 3.05) is 18.9 Å². The maximum Gasteiger partial charge on any atom is 0.410 e. The van der Waals surface area contributed by atoms with Crippen LogP contribution in [-0.2, 0) is 11.3 Å². The third-order valence-electron chi connectivity index (χ3n) is 5.61. The van der Waals surface area contributed by atoms with Crippen molar-refractivity contribution >= 4 is 41.0 Å². The fourth-order valence-corrected chi connectivity index (χ4v) is 4.41. The van der Waals surface area contributed by atoms with E-state index in [9.17, 15) is 9.59 Å². The van der Waals surface area contributed by atoms with Gasteiger partial charge in [-0.15, -0.1) is 0 Å². The zero-order valence-electron chi connectivity index (χ0n) is 19.1. The minimum absolute atomic E-state index is 0.0546. The lowest BCUT2D eigenvalue weighted by Gasteiger charge is -2.28. The first kappa shape index (κ1) is 24.3.